The predicted octanol–water partition coefficient (Wildman–Crippen LogP) is 3.74. The summed E-state index contributed by atoms with van der Waals surface area (Å²) in [4.78, 5) is 2.43. The standard InChI is InChI=1S/C17H27FN2/c1-12(2)19-14-9-10-20(13(3)4)17(11-14)15-7-5-6-8-16(15)18/h5-8,12-14,17,19H,9-11H2,1-4H3. The number of hydrogen-bond donors (Lipinski definition) is 1. The number of halogens is 1. The number of likely N-dealkylation sites (tertiary alicyclic amines) is 1. The molecule has 0 bridgehead atoms. The van der Waals surface area contributed by atoms with Crippen molar-refractivity contribution in [2.24, 2.45) is 0 Å². The van der Waals surface area contributed by atoms with Crippen LogP contribution < -0.4 is 5.32 Å². The molecule has 1 aliphatic rings. The molecule has 1 saturated heterocycles. The molecule has 0 amide bonds. The molecule has 1 aromatic carbocycles. The second-order valence-electron chi connectivity index (χ2n) is 6.41. The van der Waals surface area contributed by atoms with Crippen LogP contribution in [-0.4, -0.2) is 29.6 Å². The Balaban J connectivity index is 2.21. The van der Waals surface area contributed by atoms with Gasteiger partial charge in [-0.1, -0.05) is 32.0 Å². The van der Waals surface area contributed by atoms with Crippen molar-refractivity contribution >= 4 is 0 Å². The highest BCUT2D eigenvalue weighted by molar-refractivity contribution is 5.22. The van der Waals surface area contributed by atoms with Crippen LogP contribution >= 0.6 is 0 Å². The second-order valence-corrected chi connectivity index (χ2v) is 6.41. The smallest absolute Gasteiger partial charge is 0.127 e. The summed E-state index contributed by atoms with van der Waals surface area (Å²) in [5.41, 5.74) is 0.844. The quantitative estimate of drug-likeness (QED) is 0.902. The van der Waals surface area contributed by atoms with Gasteiger partial charge in [0.05, 0.1) is 0 Å². The molecule has 0 aromatic heterocycles. The minimum absolute atomic E-state index is 0.0756. The SMILES string of the molecule is CC(C)NC1CCN(C(C)C)C(c2ccccc2F)C1. The van der Waals surface area contributed by atoms with E-state index in [4.69, 9.17) is 0 Å². The number of hydrogen-bond acceptors (Lipinski definition) is 2. The minimum atomic E-state index is -0.0756. The molecule has 0 saturated carbocycles. The van der Waals surface area contributed by atoms with E-state index in [9.17, 15) is 4.39 Å². The van der Waals surface area contributed by atoms with Crippen LogP contribution in [0.2, 0.25) is 0 Å². The van der Waals surface area contributed by atoms with Crippen LogP contribution in [0.1, 0.15) is 52.1 Å². The van der Waals surface area contributed by atoms with E-state index < -0.39 is 0 Å². The Morgan fingerprint density at radius 3 is 2.50 bits per heavy atom. The molecule has 0 spiro atoms. The minimum Gasteiger partial charge on any atom is -0.312 e. The third-order valence-electron chi connectivity index (χ3n) is 4.14. The van der Waals surface area contributed by atoms with Gasteiger partial charge in [-0.3, -0.25) is 4.90 Å². The van der Waals surface area contributed by atoms with Gasteiger partial charge in [-0.15, -0.1) is 0 Å². The van der Waals surface area contributed by atoms with Gasteiger partial charge >= 0.3 is 0 Å². The van der Waals surface area contributed by atoms with Gasteiger partial charge in [-0.2, -0.15) is 0 Å². The maximum absolute atomic E-state index is 14.2. The molecule has 2 unspecified atom stereocenters. The normalized spacial score (nSPS) is 24.6. The van der Waals surface area contributed by atoms with Gasteiger partial charge in [-0.25, -0.2) is 4.39 Å². The van der Waals surface area contributed by atoms with E-state index in [1.54, 1.807) is 12.1 Å². The lowest BCUT2D eigenvalue weighted by Gasteiger charge is -2.43. The summed E-state index contributed by atoms with van der Waals surface area (Å²) < 4.78 is 14.2. The van der Waals surface area contributed by atoms with Crippen LogP contribution in [-0.2, 0) is 0 Å². The van der Waals surface area contributed by atoms with E-state index in [1.165, 1.54) is 0 Å². The molecule has 0 radical (unpaired) electrons. The maximum atomic E-state index is 14.2. The molecular formula is C17H27FN2. The van der Waals surface area contributed by atoms with Crippen molar-refractivity contribution in [1.29, 1.82) is 0 Å². The van der Waals surface area contributed by atoms with E-state index in [0.29, 0.717) is 18.1 Å². The summed E-state index contributed by atoms with van der Waals surface area (Å²) in [7, 11) is 0. The predicted molar refractivity (Wildman–Crippen MR) is 82.3 cm³/mol. The van der Waals surface area contributed by atoms with E-state index in [2.05, 4.69) is 37.9 Å². The Hall–Kier alpha value is -0.930. The molecule has 1 aromatic rings. The lowest BCUT2D eigenvalue weighted by atomic mass is 9.90. The van der Waals surface area contributed by atoms with Crippen molar-refractivity contribution in [1.82, 2.24) is 10.2 Å². The van der Waals surface area contributed by atoms with Crippen molar-refractivity contribution in [2.75, 3.05) is 6.54 Å². The van der Waals surface area contributed by atoms with Crippen molar-refractivity contribution in [3.05, 3.63) is 35.6 Å². The van der Waals surface area contributed by atoms with E-state index >= 15 is 0 Å². The average molecular weight is 278 g/mol. The maximum Gasteiger partial charge on any atom is 0.127 e. The fraction of sp³-hybridized carbons (Fsp3) is 0.647. The van der Waals surface area contributed by atoms with Crippen LogP contribution in [0, 0.1) is 5.82 Å². The largest absolute Gasteiger partial charge is 0.312 e. The fourth-order valence-corrected chi connectivity index (χ4v) is 3.28. The van der Waals surface area contributed by atoms with Crippen LogP contribution in [0.4, 0.5) is 4.39 Å². The highest BCUT2D eigenvalue weighted by Crippen LogP contribution is 2.34. The molecule has 3 heteroatoms. The third-order valence-corrected chi connectivity index (χ3v) is 4.14. The third kappa shape index (κ3) is 3.58. The summed E-state index contributed by atoms with van der Waals surface area (Å²) in [6.07, 6.45) is 2.12. The first-order valence-electron chi connectivity index (χ1n) is 7.75. The van der Waals surface area contributed by atoms with Crippen molar-refractivity contribution in [3.8, 4) is 0 Å². The number of rotatable bonds is 4. The molecule has 1 fully saturated rings. The molecule has 2 rings (SSSR count). The van der Waals surface area contributed by atoms with Gasteiger partial charge in [0.2, 0.25) is 0 Å². The van der Waals surface area contributed by atoms with Crippen LogP contribution in [0.15, 0.2) is 24.3 Å². The highest BCUT2D eigenvalue weighted by atomic mass is 19.1. The van der Waals surface area contributed by atoms with Crippen molar-refractivity contribution < 1.29 is 4.39 Å². The Labute approximate surface area is 122 Å². The molecule has 2 nitrogen and oxygen atoms in total. The lowest BCUT2D eigenvalue weighted by molar-refractivity contribution is 0.0881. The summed E-state index contributed by atoms with van der Waals surface area (Å²) in [6.45, 7) is 9.77. The summed E-state index contributed by atoms with van der Waals surface area (Å²) >= 11 is 0. The first-order valence-corrected chi connectivity index (χ1v) is 7.75. The average Bonchev–Trinajstić information content (AvgIpc) is 2.38. The Bertz CT molecular complexity index is 431. The van der Waals surface area contributed by atoms with Crippen molar-refractivity contribution in [3.63, 3.8) is 0 Å². The zero-order valence-electron chi connectivity index (χ0n) is 13.1. The molecule has 0 aliphatic carbocycles. The van der Waals surface area contributed by atoms with Gasteiger partial charge in [0, 0.05) is 36.3 Å². The lowest BCUT2D eigenvalue weighted by Crippen LogP contribution is -2.48. The fourth-order valence-electron chi connectivity index (χ4n) is 3.28. The summed E-state index contributed by atoms with van der Waals surface area (Å²) in [6, 6.07) is 8.81. The number of nitrogens with one attached hydrogen (secondary N) is 1. The number of nitrogens with zero attached hydrogens (tertiary/aromatic N) is 1. The van der Waals surface area contributed by atoms with Gasteiger partial charge in [0.1, 0.15) is 5.82 Å². The Morgan fingerprint density at radius 1 is 1.20 bits per heavy atom. The van der Waals surface area contributed by atoms with Gasteiger partial charge < -0.3 is 5.32 Å². The number of benzene rings is 1. The highest BCUT2D eigenvalue weighted by Gasteiger charge is 2.32. The van der Waals surface area contributed by atoms with Crippen LogP contribution in [0.3, 0.4) is 0 Å². The topological polar surface area (TPSA) is 15.3 Å². The number of piperidine rings is 1. The van der Waals surface area contributed by atoms with Crippen LogP contribution in [0.5, 0.6) is 0 Å². The van der Waals surface area contributed by atoms with Gasteiger partial charge in [0.25, 0.3) is 0 Å². The second kappa shape index (κ2) is 6.68. The molecule has 1 N–H and O–H groups in total. The Kier molecular flexibility index (Phi) is 5.17. The summed E-state index contributed by atoms with van der Waals surface area (Å²) in [5.74, 6) is -0.0756. The summed E-state index contributed by atoms with van der Waals surface area (Å²) in [5, 5.41) is 3.61. The monoisotopic (exact) mass is 278 g/mol. The molecule has 2 atom stereocenters. The first-order chi connectivity index (χ1) is 9.49. The molecule has 1 aliphatic heterocycles. The van der Waals surface area contributed by atoms with Gasteiger partial charge in [-0.05, 0) is 32.8 Å². The first kappa shape index (κ1) is 15.5. The Morgan fingerprint density at radius 2 is 1.90 bits per heavy atom. The van der Waals surface area contributed by atoms with Crippen LogP contribution in [0.25, 0.3) is 0 Å². The van der Waals surface area contributed by atoms with E-state index in [0.717, 1.165) is 24.9 Å². The molecule has 112 valence electrons. The molecule has 1 heterocycles. The zero-order chi connectivity index (χ0) is 14.7. The zero-order valence-corrected chi connectivity index (χ0v) is 13.1. The molecule has 20 heavy (non-hydrogen) atoms. The van der Waals surface area contributed by atoms with E-state index in [-0.39, 0.29) is 11.9 Å². The van der Waals surface area contributed by atoms with E-state index in [1.807, 2.05) is 12.1 Å². The van der Waals surface area contributed by atoms with Gasteiger partial charge in [0.15, 0.2) is 0 Å². The van der Waals surface area contributed by atoms with Crippen molar-refractivity contribution in [2.45, 2.75) is 64.7 Å². The molecular weight excluding hydrogens is 251 g/mol.